The first-order valence-corrected chi connectivity index (χ1v) is 19.3. The molecule has 0 atom stereocenters. The van der Waals surface area contributed by atoms with Gasteiger partial charge in [0.15, 0.2) is 0 Å². The molecule has 11 rings (SSSR count). The summed E-state index contributed by atoms with van der Waals surface area (Å²) in [6.45, 7) is 0. The lowest BCUT2D eigenvalue weighted by atomic mass is 9.97. The summed E-state index contributed by atoms with van der Waals surface area (Å²) in [7, 11) is 0. The van der Waals surface area contributed by atoms with Crippen molar-refractivity contribution in [1.29, 1.82) is 0 Å². The third kappa shape index (κ3) is 5.34. The molecule has 56 heavy (non-hydrogen) atoms. The number of rotatable bonds is 6. The van der Waals surface area contributed by atoms with Gasteiger partial charge in [-0.2, -0.15) is 0 Å². The molecular weight excluding hydrogens is 677 g/mol. The average Bonchev–Trinajstić information content (AvgIpc) is 3.62. The second-order valence-corrected chi connectivity index (χ2v) is 14.6. The molecule has 0 radical (unpaired) electrons. The minimum Gasteiger partial charge on any atom is -0.311 e. The standard InChI is InChI=1S/C54H36N2/c1-3-13-44(14-4-1)55(46-29-23-37(24-30-46)42-22-21-41-20-19-39-11-7-9-17-48(39)52(41)35-42)47-31-25-38(26-32-47)43-28-33-50-51-34-27-40-12-8-10-18-49(40)54(51)56(53(50)36-43)45-15-5-2-6-16-45/h1-36H. The van der Waals surface area contributed by atoms with E-state index in [-0.39, 0.29) is 0 Å². The van der Waals surface area contributed by atoms with Crippen molar-refractivity contribution in [3.63, 3.8) is 0 Å². The van der Waals surface area contributed by atoms with Crippen LogP contribution >= 0.6 is 0 Å². The molecule has 0 spiro atoms. The molecule has 0 aliphatic rings. The van der Waals surface area contributed by atoms with Crippen molar-refractivity contribution in [3.8, 4) is 27.9 Å². The van der Waals surface area contributed by atoms with E-state index in [1.54, 1.807) is 0 Å². The van der Waals surface area contributed by atoms with Crippen molar-refractivity contribution in [2.45, 2.75) is 0 Å². The van der Waals surface area contributed by atoms with Gasteiger partial charge in [0.1, 0.15) is 0 Å². The van der Waals surface area contributed by atoms with Crippen LogP contribution in [0.5, 0.6) is 0 Å². The van der Waals surface area contributed by atoms with Crippen LogP contribution in [-0.2, 0) is 0 Å². The fourth-order valence-electron chi connectivity index (χ4n) is 8.61. The summed E-state index contributed by atoms with van der Waals surface area (Å²) < 4.78 is 2.44. The van der Waals surface area contributed by atoms with Crippen LogP contribution in [-0.4, -0.2) is 4.57 Å². The topological polar surface area (TPSA) is 8.17 Å². The first kappa shape index (κ1) is 32.0. The molecule has 0 saturated carbocycles. The zero-order valence-corrected chi connectivity index (χ0v) is 30.7. The fraction of sp³-hybridized carbons (Fsp3) is 0. The Morgan fingerprint density at radius 3 is 1.45 bits per heavy atom. The molecule has 0 aliphatic heterocycles. The van der Waals surface area contributed by atoms with E-state index in [1.807, 2.05) is 0 Å². The van der Waals surface area contributed by atoms with Crippen LogP contribution in [0.4, 0.5) is 17.1 Å². The van der Waals surface area contributed by atoms with Crippen molar-refractivity contribution < 1.29 is 0 Å². The van der Waals surface area contributed by atoms with Crippen LogP contribution in [0.1, 0.15) is 0 Å². The van der Waals surface area contributed by atoms with E-state index in [1.165, 1.54) is 76.4 Å². The van der Waals surface area contributed by atoms with E-state index in [4.69, 9.17) is 0 Å². The van der Waals surface area contributed by atoms with Gasteiger partial charge in [-0.3, -0.25) is 0 Å². The Bertz CT molecular complexity index is 3210. The summed E-state index contributed by atoms with van der Waals surface area (Å²) in [6, 6.07) is 79.4. The average molecular weight is 713 g/mol. The van der Waals surface area contributed by atoms with Gasteiger partial charge in [-0.25, -0.2) is 0 Å². The third-order valence-corrected chi connectivity index (χ3v) is 11.3. The molecule has 1 aromatic heterocycles. The second kappa shape index (κ2) is 13.2. The summed E-state index contributed by atoms with van der Waals surface area (Å²) >= 11 is 0. The smallest absolute Gasteiger partial charge is 0.0619 e. The number of aromatic nitrogens is 1. The van der Waals surface area contributed by atoms with Gasteiger partial charge < -0.3 is 9.47 Å². The molecule has 2 heteroatoms. The molecule has 0 bridgehead atoms. The Morgan fingerprint density at radius 1 is 0.286 bits per heavy atom. The molecule has 0 amide bonds. The quantitative estimate of drug-likeness (QED) is 0.156. The molecule has 0 unspecified atom stereocenters. The van der Waals surface area contributed by atoms with E-state index in [0.29, 0.717) is 0 Å². The Hall–Kier alpha value is -7.42. The van der Waals surface area contributed by atoms with E-state index < -0.39 is 0 Å². The maximum absolute atomic E-state index is 2.44. The first-order valence-electron chi connectivity index (χ1n) is 19.3. The molecule has 10 aromatic carbocycles. The maximum atomic E-state index is 2.44. The zero-order chi connectivity index (χ0) is 37.0. The number of benzene rings is 10. The van der Waals surface area contributed by atoms with Gasteiger partial charge in [-0.1, -0.05) is 158 Å². The largest absolute Gasteiger partial charge is 0.311 e. The SMILES string of the molecule is c1ccc(N(c2ccc(-c3ccc4ccc5ccccc5c4c3)cc2)c2ccc(-c3ccc4c5ccc6ccccc6c5n(-c5ccccc5)c4c3)cc2)cc1. The highest BCUT2D eigenvalue weighted by molar-refractivity contribution is 6.19. The Kier molecular flexibility index (Phi) is 7.53. The number of anilines is 3. The Balaban J connectivity index is 0.978. The van der Waals surface area contributed by atoms with Crippen LogP contribution < -0.4 is 4.90 Å². The van der Waals surface area contributed by atoms with Crippen LogP contribution in [0.3, 0.4) is 0 Å². The molecule has 1 heterocycles. The van der Waals surface area contributed by atoms with Crippen molar-refractivity contribution in [2.24, 2.45) is 0 Å². The highest BCUT2D eigenvalue weighted by Crippen LogP contribution is 2.40. The lowest BCUT2D eigenvalue weighted by Crippen LogP contribution is -2.09. The molecule has 0 aliphatic carbocycles. The van der Waals surface area contributed by atoms with Gasteiger partial charge in [0, 0.05) is 38.9 Å². The predicted octanol–water partition coefficient (Wildman–Crippen LogP) is 15.0. The van der Waals surface area contributed by atoms with Crippen molar-refractivity contribution in [1.82, 2.24) is 4.57 Å². The Labute approximate surface area is 325 Å². The van der Waals surface area contributed by atoms with Gasteiger partial charge >= 0.3 is 0 Å². The lowest BCUT2D eigenvalue weighted by Gasteiger charge is -2.26. The summed E-state index contributed by atoms with van der Waals surface area (Å²) in [4.78, 5) is 2.34. The van der Waals surface area contributed by atoms with Gasteiger partial charge in [0.2, 0.25) is 0 Å². The molecule has 0 saturated heterocycles. The summed E-state index contributed by atoms with van der Waals surface area (Å²) in [5.41, 5.74) is 11.7. The van der Waals surface area contributed by atoms with Gasteiger partial charge in [0.05, 0.1) is 11.0 Å². The fourth-order valence-corrected chi connectivity index (χ4v) is 8.61. The number of hydrogen-bond donors (Lipinski definition) is 0. The first-order chi connectivity index (χ1) is 27.8. The van der Waals surface area contributed by atoms with Crippen molar-refractivity contribution >= 4 is 71.2 Å². The number of fused-ring (bicyclic) bond motifs is 8. The second-order valence-electron chi connectivity index (χ2n) is 14.6. The molecule has 0 N–H and O–H groups in total. The van der Waals surface area contributed by atoms with E-state index in [9.17, 15) is 0 Å². The minimum atomic E-state index is 1.11. The van der Waals surface area contributed by atoms with Crippen LogP contribution in [0.15, 0.2) is 218 Å². The monoisotopic (exact) mass is 712 g/mol. The summed E-state index contributed by atoms with van der Waals surface area (Å²) in [6.07, 6.45) is 0. The normalized spacial score (nSPS) is 11.6. The van der Waals surface area contributed by atoms with E-state index in [0.717, 1.165) is 22.7 Å². The summed E-state index contributed by atoms with van der Waals surface area (Å²) in [5, 5.41) is 10.1. The highest BCUT2D eigenvalue weighted by Gasteiger charge is 2.17. The van der Waals surface area contributed by atoms with E-state index >= 15 is 0 Å². The molecular formula is C54H36N2. The van der Waals surface area contributed by atoms with Crippen LogP contribution in [0.25, 0.3) is 82.1 Å². The van der Waals surface area contributed by atoms with E-state index in [2.05, 4.69) is 228 Å². The highest BCUT2D eigenvalue weighted by atomic mass is 15.1. The predicted molar refractivity (Wildman–Crippen MR) is 239 cm³/mol. The van der Waals surface area contributed by atoms with Crippen molar-refractivity contribution in [3.05, 3.63) is 218 Å². The molecule has 262 valence electrons. The third-order valence-electron chi connectivity index (χ3n) is 11.3. The number of para-hydroxylation sites is 2. The van der Waals surface area contributed by atoms with Crippen LogP contribution in [0, 0.1) is 0 Å². The van der Waals surface area contributed by atoms with Gasteiger partial charge in [-0.05, 0) is 110 Å². The lowest BCUT2D eigenvalue weighted by molar-refractivity contribution is 1.19. The van der Waals surface area contributed by atoms with Crippen molar-refractivity contribution in [2.75, 3.05) is 4.90 Å². The molecule has 2 nitrogen and oxygen atoms in total. The zero-order valence-electron chi connectivity index (χ0n) is 30.7. The number of nitrogens with zero attached hydrogens (tertiary/aromatic N) is 2. The Morgan fingerprint density at radius 2 is 0.750 bits per heavy atom. The van der Waals surface area contributed by atoms with Gasteiger partial charge in [-0.15, -0.1) is 0 Å². The summed E-state index contributed by atoms with van der Waals surface area (Å²) in [5.74, 6) is 0. The number of hydrogen-bond acceptors (Lipinski definition) is 1. The van der Waals surface area contributed by atoms with Gasteiger partial charge in [0.25, 0.3) is 0 Å². The minimum absolute atomic E-state index is 1.11. The molecule has 11 aromatic rings. The maximum Gasteiger partial charge on any atom is 0.0619 e. The van der Waals surface area contributed by atoms with Crippen LogP contribution in [0.2, 0.25) is 0 Å². The molecule has 0 fully saturated rings.